The summed E-state index contributed by atoms with van der Waals surface area (Å²) < 4.78 is 27.3. The SMILES string of the molecule is CC1CCc2c(sc3nc(SCC(=O)Nc4ccc(S(=O)(=O)N(C)C)cc4)n(-c4ccccc4)c(=O)c23)C1. The standard InChI is InChI=1S/C27H28N4O4S3/c1-17-9-14-21-22(15-17)37-25-24(21)26(33)31(19-7-5-4-6-8-19)27(29-25)36-16-23(32)28-18-10-12-20(13-11-18)38(34,35)30(2)3/h4-8,10-13,17H,9,14-16H2,1-3H3,(H,28,32). The number of anilines is 1. The van der Waals surface area contributed by atoms with Crippen LogP contribution in [0.2, 0.25) is 0 Å². The van der Waals surface area contributed by atoms with Crippen LogP contribution in [0.15, 0.2) is 69.4 Å². The molecular weight excluding hydrogens is 541 g/mol. The van der Waals surface area contributed by atoms with Crippen LogP contribution in [-0.2, 0) is 27.7 Å². The summed E-state index contributed by atoms with van der Waals surface area (Å²) in [6.45, 7) is 2.23. The Morgan fingerprint density at radius 1 is 1.16 bits per heavy atom. The first-order valence-corrected chi connectivity index (χ1v) is 15.5. The Hall–Kier alpha value is -2.99. The maximum absolute atomic E-state index is 13.8. The van der Waals surface area contributed by atoms with Crippen molar-refractivity contribution < 1.29 is 13.2 Å². The topological polar surface area (TPSA) is 101 Å². The van der Waals surface area contributed by atoms with Crippen LogP contribution in [-0.4, -0.2) is 48.0 Å². The summed E-state index contributed by atoms with van der Waals surface area (Å²) in [5, 5.41) is 3.95. The summed E-state index contributed by atoms with van der Waals surface area (Å²) in [5.41, 5.74) is 2.21. The number of thioether (sulfide) groups is 1. The van der Waals surface area contributed by atoms with Gasteiger partial charge in [-0.3, -0.25) is 14.2 Å². The van der Waals surface area contributed by atoms with E-state index in [1.807, 2.05) is 30.3 Å². The van der Waals surface area contributed by atoms with Crippen LogP contribution in [0.5, 0.6) is 0 Å². The Kier molecular flexibility index (Phi) is 7.45. The molecule has 1 unspecified atom stereocenters. The fourth-order valence-corrected chi connectivity index (χ4v) is 7.66. The second kappa shape index (κ2) is 10.6. The molecule has 1 aliphatic rings. The molecule has 38 heavy (non-hydrogen) atoms. The molecule has 0 bridgehead atoms. The zero-order valence-electron chi connectivity index (χ0n) is 21.3. The zero-order valence-corrected chi connectivity index (χ0v) is 23.8. The Bertz CT molecular complexity index is 1660. The van der Waals surface area contributed by atoms with Crippen LogP contribution in [0.25, 0.3) is 15.9 Å². The van der Waals surface area contributed by atoms with Crippen molar-refractivity contribution in [2.45, 2.75) is 36.2 Å². The van der Waals surface area contributed by atoms with E-state index in [0.717, 1.165) is 34.0 Å². The largest absolute Gasteiger partial charge is 0.325 e. The summed E-state index contributed by atoms with van der Waals surface area (Å²) in [7, 11) is -0.616. The molecule has 0 radical (unpaired) electrons. The maximum Gasteiger partial charge on any atom is 0.267 e. The molecule has 5 rings (SSSR count). The summed E-state index contributed by atoms with van der Waals surface area (Å²) in [6, 6.07) is 15.4. The number of benzene rings is 2. The molecule has 198 valence electrons. The molecule has 1 amide bonds. The van der Waals surface area contributed by atoms with E-state index in [0.29, 0.717) is 27.8 Å². The Labute approximate surface area is 229 Å². The van der Waals surface area contributed by atoms with Crippen molar-refractivity contribution in [3.05, 3.63) is 75.4 Å². The highest BCUT2D eigenvalue weighted by molar-refractivity contribution is 7.99. The number of hydrogen-bond acceptors (Lipinski definition) is 7. The number of fused-ring (bicyclic) bond motifs is 3. The molecule has 0 spiro atoms. The minimum atomic E-state index is -3.55. The normalized spacial score (nSPS) is 15.5. The lowest BCUT2D eigenvalue weighted by molar-refractivity contribution is -0.113. The van der Waals surface area contributed by atoms with Gasteiger partial charge in [0, 0.05) is 24.7 Å². The van der Waals surface area contributed by atoms with Crippen molar-refractivity contribution >= 4 is 54.9 Å². The molecule has 1 atom stereocenters. The molecule has 11 heteroatoms. The van der Waals surface area contributed by atoms with Crippen LogP contribution in [0, 0.1) is 5.92 Å². The fraction of sp³-hybridized carbons (Fsp3) is 0.296. The highest BCUT2D eigenvalue weighted by atomic mass is 32.2. The van der Waals surface area contributed by atoms with Gasteiger partial charge in [0.1, 0.15) is 4.83 Å². The third-order valence-corrected chi connectivity index (χ3v) is 10.5. The van der Waals surface area contributed by atoms with Gasteiger partial charge < -0.3 is 5.32 Å². The first-order chi connectivity index (χ1) is 18.1. The van der Waals surface area contributed by atoms with Crippen molar-refractivity contribution in [1.29, 1.82) is 0 Å². The van der Waals surface area contributed by atoms with E-state index in [4.69, 9.17) is 4.98 Å². The number of rotatable bonds is 7. The number of carbonyl (C=O) groups excluding carboxylic acids is 1. The fourth-order valence-electron chi connectivity index (χ4n) is 4.52. The highest BCUT2D eigenvalue weighted by Crippen LogP contribution is 2.37. The lowest BCUT2D eigenvalue weighted by atomic mass is 9.89. The van der Waals surface area contributed by atoms with Crippen LogP contribution < -0.4 is 10.9 Å². The molecule has 1 aliphatic carbocycles. The van der Waals surface area contributed by atoms with E-state index in [2.05, 4.69) is 12.2 Å². The minimum Gasteiger partial charge on any atom is -0.325 e. The average Bonchev–Trinajstić information content (AvgIpc) is 3.25. The number of amides is 1. The van der Waals surface area contributed by atoms with E-state index in [9.17, 15) is 18.0 Å². The van der Waals surface area contributed by atoms with Crippen molar-refractivity contribution in [3.8, 4) is 5.69 Å². The van der Waals surface area contributed by atoms with Gasteiger partial charge in [0.2, 0.25) is 15.9 Å². The predicted octanol–water partition coefficient (Wildman–Crippen LogP) is 4.55. The molecule has 4 aromatic rings. The van der Waals surface area contributed by atoms with Gasteiger partial charge in [-0.25, -0.2) is 17.7 Å². The van der Waals surface area contributed by atoms with E-state index in [-0.39, 0.29) is 22.1 Å². The number of aryl methyl sites for hydroxylation is 1. The van der Waals surface area contributed by atoms with Gasteiger partial charge >= 0.3 is 0 Å². The quantitative estimate of drug-likeness (QED) is 0.259. The number of nitrogens with one attached hydrogen (secondary N) is 1. The van der Waals surface area contributed by atoms with Crippen molar-refractivity contribution in [2.24, 2.45) is 5.92 Å². The van der Waals surface area contributed by atoms with Gasteiger partial charge in [-0.1, -0.05) is 36.9 Å². The maximum atomic E-state index is 13.8. The molecule has 8 nitrogen and oxygen atoms in total. The average molecular weight is 569 g/mol. The van der Waals surface area contributed by atoms with Gasteiger partial charge in [-0.2, -0.15) is 0 Å². The van der Waals surface area contributed by atoms with E-state index < -0.39 is 10.0 Å². The van der Waals surface area contributed by atoms with Gasteiger partial charge in [0.15, 0.2) is 5.16 Å². The second-order valence-electron chi connectivity index (χ2n) is 9.55. The smallest absolute Gasteiger partial charge is 0.267 e. The van der Waals surface area contributed by atoms with Crippen LogP contribution >= 0.6 is 23.1 Å². The molecule has 1 N–H and O–H groups in total. The third-order valence-electron chi connectivity index (χ3n) is 6.56. The molecule has 0 aliphatic heterocycles. The molecule has 0 saturated heterocycles. The number of aromatic nitrogens is 2. The second-order valence-corrected chi connectivity index (χ2v) is 13.7. The summed E-state index contributed by atoms with van der Waals surface area (Å²) in [4.78, 5) is 33.6. The monoisotopic (exact) mass is 568 g/mol. The number of thiophene rings is 1. The predicted molar refractivity (Wildman–Crippen MR) is 153 cm³/mol. The molecule has 2 heterocycles. The van der Waals surface area contributed by atoms with Gasteiger partial charge in [-0.15, -0.1) is 11.3 Å². The zero-order chi connectivity index (χ0) is 27.0. The lowest BCUT2D eigenvalue weighted by Gasteiger charge is -2.17. The first-order valence-electron chi connectivity index (χ1n) is 12.2. The molecular formula is C27H28N4O4S3. The van der Waals surface area contributed by atoms with Gasteiger partial charge in [-0.05, 0) is 67.1 Å². The van der Waals surface area contributed by atoms with E-state index in [1.165, 1.54) is 42.9 Å². The number of para-hydroxylation sites is 1. The van der Waals surface area contributed by atoms with Crippen molar-refractivity contribution in [2.75, 3.05) is 25.2 Å². The number of sulfonamides is 1. The lowest BCUT2D eigenvalue weighted by Crippen LogP contribution is -2.23. The minimum absolute atomic E-state index is 0.0324. The van der Waals surface area contributed by atoms with Gasteiger partial charge in [0.25, 0.3) is 5.56 Å². The number of hydrogen-bond donors (Lipinski definition) is 1. The summed E-state index contributed by atoms with van der Waals surface area (Å²) in [6.07, 6.45) is 2.90. The van der Waals surface area contributed by atoms with E-state index in [1.54, 1.807) is 28.0 Å². The van der Waals surface area contributed by atoms with E-state index >= 15 is 0 Å². The molecule has 0 saturated carbocycles. The van der Waals surface area contributed by atoms with Crippen LogP contribution in [0.3, 0.4) is 0 Å². The Morgan fingerprint density at radius 2 is 1.87 bits per heavy atom. The summed E-state index contributed by atoms with van der Waals surface area (Å²) in [5.74, 6) is 0.331. The summed E-state index contributed by atoms with van der Waals surface area (Å²) >= 11 is 2.79. The molecule has 0 fully saturated rings. The number of nitrogens with zero attached hydrogens (tertiary/aromatic N) is 3. The van der Waals surface area contributed by atoms with Crippen LogP contribution in [0.4, 0.5) is 5.69 Å². The first kappa shape index (κ1) is 26.6. The third kappa shape index (κ3) is 5.15. The van der Waals surface area contributed by atoms with Gasteiger partial charge in [0.05, 0.1) is 21.7 Å². The van der Waals surface area contributed by atoms with Crippen LogP contribution in [0.1, 0.15) is 23.8 Å². The molecule has 2 aromatic heterocycles. The Balaban J connectivity index is 1.42. The molecule has 2 aromatic carbocycles. The Morgan fingerprint density at radius 3 is 2.55 bits per heavy atom. The number of carbonyl (C=O) groups is 1. The van der Waals surface area contributed by atoms with Crippen molar-refractivity contribution in [3.63, 3.8) is 0 Å². The van der Waals surface area contributed by atoms with Crippen molar-refractivity contribution in [1.82, 2.24) is 13.9 Å². The highest BCUT2D eigenvalue weighted by Gasteiger charge is 2.25.